The molecule has 0 spiro atoms. The van der Waals surface area contributed by atoms with Crippen LogP contribution in [0.25, 0.3) is 0 Å². The number of hydrogen-bond acceptors (Lipinski definition) is 5. The summed E-state index contributed by atoms with van der Waals surface area (Å²) in [4.78, 5) is 11.5. The number of nitrogens with one attached hydrogen (secondary N) is 1. The van der Waals surface area contributed by atoms with Gasteiger partial charge >= 0.3 is 0 Å². The molecule has 112 valence electrons. The summed E-state index contributed by atoms with van der Waals surface area (Å²) in [6.07, 6.45) is 4.35. The number of carbonyl (C=O) groups excluding carboxylic acids is 1. The van der Waals surface area contributed by atoms with Crippen molar-refractivity contribution in [1.29, 1.82) is 0 Å². The van der Waals surface area contributed by atoms with Crippen LogP contribution in [0.5, 0.6) is 0 Å². The van der Waals surface area contributed by atoms with Crippen molar-refractivity contribution in [2.45, 2.75) is 43.9 Å². The molecular formula is C14H22N2O4. The van der Waals surface area contributed by atoms with E-state index in [4.69, 9.17) is 14.9 Å². The predicted octanol–water partition coefficient (Wildman–Crippen LogP) is 0.545. The van der Waals surface area contributed by atoms with Gasteiger partial charge in [-0.3, -0.25) is 4.79 Å². The van der Waals surface area contributed by atoms with E-state index in [0.717, 1.165) is 31.4 Å². The van der Waals surface area contributed by atoms with E-state index in [2.05, 4.69) is 5.32 Å². The van der Waals surface area contributed by atoms with Crippen LogP contribution in [-0.4, -0.2) is 35.8 Å². The number of aliphatic hydroxyl groups is 1. The van der Waals surface area contributed by atoms with Gasteiger partial charge in [0.2, 0.25) is 5.91 Å². The maximum atomic E-state index is 11.5. The number of rotatable bonds is 8. The molecule has 20 heavy (non-hydrogen) atoms. The van der Waals surface area contributed by atoms with Crippen molar-refractivity contribution in [2.75, 3.05) is 13.2 Å². The standard InChI is InChI=1S/C14H22N2O4/c15-13(18)14(5-1-2-6-14)16-8-11(17)9-19-10-12-4-3-7-20-12/h3-4,7,11,16-17H,1-2,5-6,8-10H2,(H2,15,18). The van der Waals surface area contributed by atoms with Gasteiger partial charge in [-0.1, -0.05) is 12.8 Å². The number of furan rings is 1. The van der Waals surface area contributed by atoms with Crippen molar-refractivity contribution in [3.8, 4) is 0 Å². The smallest absolute Gasteiger partial charge is 0.237 e. The van der Waals surface area contributed by atoms with Crippen LogP contribution in [0.2, 0.25) is 0 Å². The minimum absolute atomic E-state index is 0.183. The van der Waals surface area contributed by atoms with Crippen LogP contribution in [0.3, 0.4) is 0 Å². The van der Waals surface area contributed by atoms with E-state index in [9.17, 15) is 9.90 Å². The van der Waals surface area contributed by atoms with E-state index in [1.54, 1.807) is 12.3 Å². The monoisotopic (exact) mass is 282 g/mol. The van der Waals surface area contributed by atoms with Crippen LogP contribution < -0.4 is 11.1 Å². The normalized spacial score (nSPS) is 19.1. The van der Waals surface area contributed by atoms with Gasteiger partial charge in [-0.25, -0.2) is 0 Å². The molecule has 1 aromatic heterocycles. The summed E-state index contributed by atoms with van der Waals surface area (Å²) >= 11 is 0. The fraction of sp³-hybridized carbons (Fsp3) is 0.643. The van der Waals surface area contributed by atoms with Crippen LogP contribution in [0.4, 0.5) is 0 Å². The fourth-order valence-electron chi connectivity index (χ4n) is 2.55. The molecule has 0 aliphatic heterocycles. The van der Waals surface area contributed by atoms with Gasteiger partial charge < -0.3 is 25.3 Å². The molecular weight excluding hydrogens is 260 g/mol. The maximum absolute atomic E-state index is 11.5. The molecule has 1 atom stereocenters. The largest absolute Gasteiger partial charge is 0.467 e. The van der Waals surface area contributed by atoms with Crippen LogP contribution in [0.15, 0.2) is 22.8 Å². The predicted molar refractivity (Wildman–Crippen MR) is 72.8 cm³/mol. The third-order valence-electron chi connectivity index (χ3n) is 3.74. The second-order valence-electron chi connectivity index (χ2n) is 5.28. The molecule has 1 aromatic rings. The van der Waals surface area contributed by atoms with Crippen LogP contribution in [0, 0.1) is 0 Å². The first kappa shape index (κ1) is 15.0. The molecule has 4 N–H and O–H groups in total. The molecule has 0 saturated heterocycles. The van der Waals surface area contributed by atoms with E-state index in [0.29, 0.717) is 13.2 Å². The molecule has 1 aliphatic rings. The lowest BCUT2D eigenvalue weighted by Crippen LogP contribution is -2.55. The van der Waals surface area contributed by atoms with Crippen molar-refractivity contribution in [3.63, 3.8) is 0 Å². The van der Waals surface area contributed by atoms with Gasteiger partial charge in [-0.15, -0.1) is 0 Å². The first-order chi connectivity index (χ1) is 9.62. The van der Waals surface area contributed by atoms with E-state index < -0.39 is 11.6 Å². The zero-order chi connectivity index (χ0) is 14.4. The zero-order valence-electron chi connectivity index (χ0n) is 11.5. The van der Waals surface area contributed by atoms with E-state index in [1.165, 1.54) is 0 Å². The quantitative estimate of drug-likeness (QED) is 0.646. The van der Waals surface area contributed by atoms with Crippen molar-refractivity contribution in [1.82, 2.24) is 5.32 Å². The number of aliphatic hydroxyl groups excluding tert-OH is 1. The Morgan fingerprint density at radius 3 is 2.90 bits per heavy atom. The summed E-state index contributed by atoms with van der Waals surface area (Å²) in [7, 11) is 0. The minimum atomic E-state index is -0.679. The third-order valence-corrected chi connectivity index (χ3v) is 3.74. The lowest BCUT2D eigenvalue weighted by Gasteiger charge is -2.28. The first-order valence-electron chi connectivity index (χ1n) is 6.95. The first-order valence-corrected chi connectivity index (χ1v) is 6.95. The molecule has 2 rings (SSSR count). The van der Waals surface area contributed by atoms with Crippen LogP contribution in [-0.2, 0) is 16.1 Å². The summed E-state index contributed by atoms with van der Waals surface area (Å²) < 4.78 is 10.5. The second kappa shape index (κ2) is 6.88. The molecule has 1 unspecified atom stereocenters. The summed E-state index contributed by atoms with van der Waals surface area (Å²) in [5, 5.41) is 13.0. The van der Waals surface area contributed by atoms with E-state index >= 15 is 0 Å². The van der Waals surface area contributed by atoms with Crippen molar-refractivity contribution < 1.29 is 19.1 Å². The second-order valence-corrected chi connectivity index (χ2v) is 5.28. The highest BCUT2D eigenvalue weighted by Gasteiger charge is 2.39. The highest BCUT2D eigenvalue weighted by atomic mass is 16.5. The topological polar surface area (TPSA) is 97.7 Å². The van der Waals surface area contributed by atoms with Gasteiger partial charge in [0.15, 0.2) is 0 Å². The van der Waals surface area contributed by atoms with Crippen LogP contribution in [0.1, 0.15) is 31.4 Å². The van der Waals surface area contributed by atoms with Crippen molar-refractivity contribution >= 4 is 5.91 Å². The Hall–Kier alpha value is -1.37. The molecule has 6 nitrogen and oxygen atoms in total. The van der Waals surface area contributed by atoms with Gasteiger partial charge in [0.1, 0.15) is 12.4 Å². The average Bonchev–Trinajstić information content (AvgIpc) is 3.08. The molecule has 0 bridgehead atoms. The Kier molecular flexibility index (Phi) is 5.17. The van der Waals surface area contributed by atoms with Gasteiger partial charge in [0.05, 0.1) is 24.5 Å². The van der Waals surface area contributed by atoms with Crippen molar-refractivity contribution in [2.24, 2.45) is 5.73 Å². The Morgan fingerprint density at radius 1 is 1.55 bits per heavy atom. The summed E-state index contributed by atoms with van der Waals surface area (Å²) in [6.45, 7) is 0.800. The summed E-state index contributed by atoms with van der Waals surface area (Å²) in [6, 6.07) is 3.60. The van der Waals surface area contributed by atoms with Gasteiger partial charge in [0, 0.05) is 6.54 Å². The minimum Gasteiger partial charge on any atom is -0.467 e. The van der Waals surface area contributed by atoms with E-state index in [-0.39, 0.29) is 12.5 Å². The summed E-state index contributed by atoms with van der Waals surface area (Å²) in [5.74, 6) is 0.383. The molecule has 6 heteroatoms. The Morgan fingerprint density at radius 2 is 2.30 bits per heavy atom. The zero-order valence-corrected chi connectivity index (χ0v) is 11.5. The Bertz CT molecular complexity index is 413. The number of amides is 1. The Labute approximate surface area is 118 Å². The van der Waals surface area contributed by atoms with Gasteiger partial charge in [-0.2, -0.15) is 0 Å². The van der Waals surface area contributed by atoms with Crippen LogP contribution >= 0.6 is 0 Å². The number of β-amino-alcohol motifs (C(OH)–C–C–N with tert-alkyl or cyclic N) is 1. The molecule has 1 amide bonds. The third kappa shape index (κ3) is 3.82. The maximum Gasteiger partial charge on any atom is 0.237 e. The molecule has 1 aliphatic carbocycles. The number of nitrogens with two attached hydrogens (primary N) is 1. The molecule has 1 heterocycles. The van der Waals surface area contributed by atoms with Crippen molar-refractivity contribution in [3.05, 3.63) is 24.2 Å². The lowest BCUT2D eigenvalue weighted by atomic mass is 9.96. The molecule has 0 aromatic carbocycles. The number of primary amides is 1. The molecule has 1 fully saturated rings. The highest BCUT2D eigenvalue weighted by molar-refractivity contribution is 5.85. The molecule has 0 radical (unpaired) electrons. The summed E-state index contributed by atoms with van der Waals surface area (Å²) in [5.41, 5.74) is 4.81. The lowest BCUT2D eigenvalue weighted by molar-refractivity contribution is -0.124. The molecule has 1 saturated carbocycles. The fourth-order valence-corrected chi connectivity index (χ4v) is 2.55. The number of ether oxygens (including phenoxy) is 1. The highest BCUT2D eigenvalue weighted by Crippen LogP contribution is 2.29. The average molecular weight is 282 g/mol. The van der Waals surface area contributed by atoms with Gasteiger partial charge in [-0.05, 0) is 25.0 Å². The SMILES string of the molecule is NC(=O)C1(NCC(O)COCc2ccco2)CCCC1. The number of carbonyl (C=O) groups is 1. The van der Waals surface area contributed by atoms with Gasteiger partial charge in [0.25, 0.3) is 0 Å². The Balaban J connectivity index is 1.68. The van der Waals surface area contributed by atoms with E-state index in [1.807, 2.05) is 6.07 Å². The number of hydrogen-bond donors (Lipinski definition) is 3.